The number of carbonyl (C=O) groups is 2. The van der Waals surface area contributed by atoms with Crippen LogP contribution in [0.1, 0.15) is 41.4 Å². The average molecular weight is 268 g/mol. The molecule has 6 heteroatoms. The van der Waals surface area contributed by atoms with Crippen LogP contribution in [-0.4, -0.2) is 48.1 Å². The summed E-state index contributed by atoms with van der Waals surface area (Å²) < 4.78 is 4.91. The van der Waals surface area contributed by atoms with Crippen molar-refractivity contribution in [3.63, 3.8) is 0 Å². The van der Waals surface area contributed by atoms with Crippen LogP contribution in [-0.2, 0) is 0 Å². The number of amides is 1. The number of nitrogens with one attached hydrogen (secondary N) is 1. The van der Waals surface area contributed by atoms with E-state index < -0.39 is 11.9 Å². The number of hydrogen-bond acceptors (Lipinski definition) is 4. The van der Waals surface area contributed by atoms with Gasteiger partial charge in [-0.1, -0.05) is 6.92 Å². The maximum atomic E-state index is 11.7. The lowest BCUT2D eigenvalue weighted by atomic mass is 10.2. The van der Waals surface area contributed by atoms with Gasteiger partial charge in [-0.25, -0.2) is 4.79 Å². The molecule has 0 radical (unpaired) electrons. The molecule has 0 aliphatic carbocycles. The van der Waals surface area contributed by atoms with Gasteiger partial charge in [0.15, 0.2) is 5.76 Å². The van der Waals surface area contributed by atoms with E-state index in [0.29, 0.717) is 12.6 Å². The van der Waals surface area contributed by atoms with Crippen LogP contribution in [0.5, 0.6) is 0 Å². The van der Waals surface area contributed by atoms with Crippen molar-refractivity contribution in [1.82, 2.24) is 10.2 Å². The van der Waals surface area contributed by atoms with Gasteiger partial charge >= 0.3 is 5.97 Å². The zero-order chi connectivity index (χ0) is 14.4. The zero-order valence-electron chi connectivity index (χ0n) is 11.5. The Balaban J connectivity index is 2.41. The Labute approximate surface area is 112 Å². The lowest BCUT2D eigenvalue weighted by Crippen LogP contribution is -2.36. The predicted octanol–water partition coefficient (Wildman–Crippen LogP) is 1.44. The number of nitrogens with zero attached hydrogens (tertiary/aromatic N) is 1. The van der Waals surface area contributed by atoms with Gasteiger partial charge in [-0.2, -0.15) is 0 Å². The number of aromatic carboxylic acids is 1. The van der Waals surface area contributed by atoms with E-state index in [1.165, 1.54) is 12.1 Å². The topological polar surface area (TPSA) is 82.8 Å². The number of carbonyl (C=O) groups excluding carboxylic acids is 1. The van der Waals surface area contributed by atoms with Crippen LogP contribution in [0.25, 0.3) is 0 Å². The number of hydrogen-bond donors (Lipinski definition) is 2. The highest BCUT2D eigenvalue weighted by Crippen LogP contribution is 2.07. The van der Waals surface area contributed by atoms with Crippen molar-refractivity contribution in [3.8, 4) is 0 Å². The van der Waals surface area contributed by atoms with Crippen LogP contribution in [0.2, 0.25) is 0 Å². The Bertz CT molecular complexity index is 442. The summed E-state index contributed by atoms with van der Waals surface area (Å²) in [5, 5.41) is 11.4. The molecule has 19 heavy (non-hydrogen) atoms. The summed E-state index contributed by atoms with van der Waals surface area (Å²) in [6.07, 6.45) is 1.05. The van der Waals surface area contributed by atoms with Gasteiger partial charge in [0.25, 0.3) is 5.91 Å². The third-order valence-electron chi connectivity index (χ3n) is 3.13. The zero-order valence-corrected chi connectivity index (χ0v) is 11.5. The normalized spacial score (nSPS) is 12.4. The summed E-state index contributed by atoms with van der Waals surface area (Å²) >= 11 is 0. The lowest BCUT2D eigenvalue weighted by Gasteiger charge is -2.23. The first kappa shape index (κ1) is 15.2. The van der Waals surface area contributed by atoms with E-state index in [9.17, 15) is 9.59 Å². The van der Waals surface area contributed by atoms with E-state index in [1.54, 1.807) is 0 Å². The third-order valence-corrected chi connectivity index (χ3v) is 3.13. The van der Waals surface area contributed by atoms with Crippen molar-refractivity contribution >= 4 is 11.9 Å². The molecular formula is C13H20N2O4. The molecule has 1 atom stereocenters. The average Bonchev–Trinajstić information content (AvgIpc) is 2.87. The quantitative estimate of drug-likeness (QED) is 0.781. The molecule has 0 bridgehead atoms. The minimum absolute atomic E-state index is 0.0172. The second-order valence-electron chi connectivity index (χ2n) is 4.46. The lowest BCUT2D eigenvalue weighted by molar-refractivity contribution is 0.0659. The van der Waals surface area contributed by atoms with Gasteiger partial charge < -0.3 is 19.7 Å². The molecule has 0 saturated carbocycles. The van der Waals surface area contributed by atoms with Gasteiger partial charge in [0.1, 0.15) is 0 Å². The second kappa shape index (κ2) is 6.94. The Hall–Kier alpha value is -1.82. The molecule has 0 aliphatic heterocycles. The van der Waals surface area contributed by atoms with Crippen molar-refractivity contribution in [3.05, 3.63) is 23.7 Å². The van der Waals surface area contributed by atoms with Crippen LogP contribution in [0.4, 0.5) is 0 Å². The molecule has 1 aromatic heterocycles. The maximum Gasteiger partial charge on any atom is 0.371 e. The molecule has 0 aliphatic rings. The first-order valence-electron chi connectivity index (χ1n) is 6.27. The molecule has 2 N–H and O–H groups in total. The van der Waals surface area contributed by atoms with E-state index in [0.717, 1.165) is 13.0 Å². The number of furan rings is 1. The Morgan fingerprint density at radius 2 is 2.05 bits per heavy atom. The maximum absolute atomic E-state index is 11.7. The van der Waals surface area contributed by atoms with Crippen molar-refractivity contribution in [1.29, 1.82) is 0 Å². The Morgan fingerprint density at radius 3 is 2.58 bits per heavy atom. The number of likely N-dealkylation sites (N-methyl/N-ethyl adjacent to an activating group) is 1. The van der Waals surface area contributed by atoms with Crippen LogP contribution in [0.15, 0.2) is 16.5 Å². The molecular weight excluding hydrogens is 248 g/mol. The molecule has 1 amide bonds. The van der Waals surface area contributed by atoms with Crippen LogP contribution >= 0.6 is 0 Å². The largest absolute Gasteiger partial charge is 0.475 e. The van der Waals surface area contributed by atoms with Crippen molar-refractivity contribution < 1.29 is 19.1 Å². The summed E-state index contributed by atoms with van der Waals surface area (Å²) in [6, 6.07) is 3.08. The van der Waals surface area contributed by atoms with Crippen LogP contribution in [0.3, 0.4) is 0 Å². The van der Waals surface area contributed by atoms with Crippen molar-refractivity contribution in [2.24, 2.45) is 0 Å². The minimum Gasteiger partial charge on any atom is -0.475 e. The van der Waals surface area contributed by atoms with E-state index >= 15 is 0 Å². The minimum atomic E-state index is -1.18. The Morgan fingerprint density at radius 1 is 1.42 bits per heavy atom. The fourth-order valence-electron chi connectivity index (χ4n) is 1.54. The molecule has 1 aromatic rings. The van der Waals surface area contributed by atoms with Crippen LogP contribution < -0.4 is 5.32 Å². The van der Waals surface area contributed by atoms with Crippen molar-refractivity contribution in [2.75, 3.05) is 20.1 Å². The van der Waals surface area contributed by atoms with Gasteiger partial charge in [-0.15, -0.1) is 0 Å². The summed E-state index contributed by atoms with van der Waals surface area (Å²) in [4.78, 5) is 24.4. The molecule has 106 valence electrons. The second-order valence-corrected chi connectivity index (χ2v) is 4.46. The SMILES string of the molecule is CCC(C)N(C)CCNC(=O)c1ccc(C(=O)O)o1. The number of carboxylic acids is 1. The van der Waals surface area contributed by atoms with E-state index in [1.807, 2.05) is 7.05 Å². The van der Waals surface area contributed by atoms with Gasteiger partial charge in [0.05, 0.1) is 0 Å². The molecule has 1 heterocycles. The summed E-state index contributed by atoms with van der Waals surface area (Å²) in [6.45, 7) is 5.44. The highest BCUT2D eigenvalue weighted by atomic mass is 16.4. The molecule has 0 saturated heterocycles. The highest BCUT2D eigenvalue weighted by Gasteiger charge is 2.14. The van der Waals surface area contributed by atoms with Gasteiger partial charge in [-0.3, -0.25) is 4.79 Å². The third kappa shape index (κ3) is 4.40. The monoisotopic (exact) mass is 268 g/mol. The van der Waals surface area contributed by atoms with E-state index in [2.05, 4.69) is 24.1 Å². The molecule has 0 spiro atoms. The highest BCUT2D eigenvalue weighted by molar-refractivity contribution is 5.93. The van der Waals surface area contributed by atoms with Gasteiger partial charge in [-0.05, 0) is 32.5 Å². The first-order valence-corrected chi connectivity index (χ1v) is 6.27. The number of rotatable bonds is 7. The van der Waals surface area contributed by atoms with Crippen molar-refractivity contribution in [2.45, 2.75) is 26.3 Å². The molecule has 1 rings (SSSR count). The Kier molecular flexibility index (Phi) is 5.57. The molecule has 0 aromatic carbocycles. The van der Waals surface area contributed by atoms with Gasteiger partial charge in [0.2, 0.25) is 5.76 Å². The standard InChI is InChI=1S/C13H20N2O4/c1-4-9(2)15(3)8-7-14-12(16)10-5-6-11(19-10)13(17)18/h5-6,9H,4,7-8H2,1-3H3,(H,14,16)(H,17,18). The fraction of sp³-hybridized carbons (Fsp3) is 0.538. The van der Waals surface area contributed by atoms with Crippen LogP contribution in [0, 0.1) is 0 Å². The molecule has 1 unspecified atom stereocenters. The molecule has 6 nitrogen and oxygen atoms in total. The smallest absolute Gasteiger partial charge is 0.371 e. The van der Waals surface area contributed by atoms with E-state index in [4.69, 9.17) is 9.52 Å². The molecule has 0 fully saturated rings. The fourth-order valence-corrected chi connectivity index (χ4v) is 1.54. The van der Waals surface area contributed by atoms with Gasteiger partial charge in [0, 0.05) is 19.1 Å². The number of carboxylic acid groups (broad SMARTS) is 1. The summed E-state index contributed by atoms with van der Waals surface area (Å²) in [7, 11) is 2.00. The predicted molar refractivity (Wildman–Crippen MR) is 70.4 cm³/mol. The summed E-state index contributed by atoms with van der Waals surface area (Å²) in [5.74, 6) is -1.80. The first-order chi connectivity index (χ1) is 8.95. The summed E-state index contributed by atoms with van der Waals surface area (Å²) in [5.41, 5.74) is 0. The van der Waals surface area contributed by atoms with E-state index in [-0.39, 0.29) is 11.5 Å².